The van der Waals surface area contributed by atoms with Crippen LogP contribution in [0, 0.1) is 0 Å². The predicted molar refractivity (Wildman–Crippen MR) is 144 cm³/mol. The van der Waals surface area contributed by atoms with Crippen molar-refractivity contribution in [3.63, 3.8) is 0 Å². The van der Waals surface area contributed by atoms with Gasteiger partial charge in [-0.05, 0) is 55.6 Å². The molecule has 0 unspecified atom stereocenters. The molecule has 1 N–H and O–H groups in total. The van der Waals surface area contributed by atoms with Crippen molar-refractivity contribution in [2.24, 2.45) is 7.05 Å². The van der Waals surface area contributed by atoms with Crippen molar-refractivity contribution in [2.45, 2.75) is 31.6 Å². The summed E-state index contributed by atoms with van der Waals surface area (Å²) in [5.41, 5.74) is 3.80. The van der Waals surface area contributed by atoms with Crippen LogP contribution in [0.1, 0.15) is 26.0 Å². The maximum atomic E-state index is 13.0. The first kappa shape index (κ1) is 24.3. The van der Waals surface area contributed by atoms with Crippen molar-refractivity contribution < 1.29 is 4.74 Å². The molecule has 4 heterocycles. The van der Waals surface area contributed by atoms with Gasteiger partial charge in [-0.3, -0.25) is 14.5 Å². The molecule has 0 saturated carbocycles. The summed E-state index contributed by atoms with van der Waals surface area (Å²) in [7, 11) is 1.79. The molecule has 0 amide bonds. The maximum absolute atomic E-state index is 13.0. The van der Waals surface area contributed by atoms with Crippen molar-refractivity contribution in [1.82, 2.24) is 29.0 Å². The van der Waals surface area contributed by atoms with E-state index in [2.05, 4.69) is 55.5 Å². The monoisotopic (exact) mass is 505 g/mol. The van der Waals surface area contributed by atoms with Crippen molar-refractivity contribution in [3.05, 3.63) is 58.8 Å². The van der Waals surface area contributed by atoms with Gasteiger partial charge in [0.2, 0.25) is 0 Å². The molecule has 0 radical (unpaired) electrons. The predicted octanol–water partition coefficient (Wildman–Crippen LogP) is 3.90. The van der Waals surface area contributed by atoms with E-state index >= 15 is 0 Å². The van der Waals surface area contributed by atoms with Crippen LogP contribution in [0.3, 0.4) is 0 Å². The molecule has 1 aliphatic heterocycles. The van der Waals surface area contributed by atoms with Crippen LogP contribution in [0.2, 0.25) is 0 Å². The SMILES string of the molecule is CCCc1nn(C)c2c(=O)[nH]c(-c3cc(SN4CCN(c5ccncc5)CC4)ccc3OCC)nc12. The van der Waals surface area contributed by atoms with Gasteiger partial charge in [0.25, 0.3) is 5.56 Å². The van der Waals surface area contributed by atoms with Gasteiger partial charge >= 0.3 is 0 Å². The Kier molecular flexibility index (Phi) is 7.24. The average molecular weight is 506 g/mol. The third-order valence-electron chi connectivity index (χ3n) is 6.26. The van der Waals surface area contributed by atoms with Gasteiger partial charge in [0, 0.05) is 56.2 Å². The van der Waals surface area contributed by atoms with Crippen molar-refractivity contribution in [2.75, 3.05) is 37.7 Å². The number of benzene rings is 1. The van der Waals surface area contributed by atoms with E-state index in [1.165, 1.54) is 5.69 Å². The number of H-pyrrole nitrogens is 1. The number of fused-ring (bicyclic) bond motifs is 1. The van der Waals surface area contributed by atoms with E-state index in [0.717, 1.165) is 55.2 Å². The van der Waals surface area contributed by atoms with Crippen molar-refractivity contribution in [3.8, 4) is 17.1 Å². The lowest BCUT2D eigenvalue weighted by atomic mass is 10.1. The van der Waals surface area contributed by atoms with Gasteiger partial charge in [0.05, 0.1) is 17.9 Å². The molecule has 1 aromatic carbocycles. The largest absolute Gasteiger partial charge is 0.493 e. The van der Waals surface area contributed by atoms with Gasteiger partial charge < -0.3 is 14.6 Å². The zero-order valence-corrected chi connectivity index (χ0v) is 21.7. The second-order valence-corrected chi connectivity index (χ2v) is 9.91. The summed E-state index contributed by atoms with van der Waals surface area (Å²) in [6, 6.07) is 10.2. The molecule has 3 aromatic heterocycles. The Morgan fingerprint density at radius 1 is 1.08 bits per heavy atom. The summed E-state index contributed by atoms with van der Waals surface area (Å²) in [6.07, 6.45) is 5.38. The summed E-state index contributed by atoms with van der Waals surface area (Å²) < 4.78 is 9.91. The third kappa shape index (κ3) is 4.96. The Hall–Kier alpha value is -3.37. The molecule has 0 atom stereocenters. The number of hydrogen-bond donors (Lipinski definition) is 1. The number of anilines is 1. The zero-order valence-electron chi connectivity index (χ0n) is 20.9. The van der Waals surface area contributed by atoms with Gasteiger partial charge in [-0.25, -0.2) is 9.29 Å². The molecule has 1 aliphatic rings. The van der Waals surface area contributed by atoms with Gasteiger partial charge in [0.1, 0.15) is 17.1 Å². The van der Waals surface area contributed by atoms with E-state index in [4.69, 9.17) is 9.72 Å². The van der Waals surface area contributed by atoms with Crippen LogP contribution in [-0.2, 0) is 13.5 Å². The smallest absolute Gasteiger partial charge is 0.277 e. The Morgan fingerprint density at radius 3 is 2.58 bits per heavy atom. The Morgan fingerprint density at radius 2 is 1.86 bits per heavy atom. The van der Waals surface area contributed by atoms with Gasteiger partial charge in [-0.15, -0.1) is 0 Å². The van der Waals surface area contributed by atoms with E-state index in [1.54, 1.807) is 23.7 Å². The molecular weight excluding hydrogens is 474 g/mol. The number of ether oxygens (including phenoxy) is 1. The van der Waals surface area contributed by atoms with E-state index in [0.29, 0.717) is 29.2 Å². The molecule has 188 valence electrons. The molecule has 0 bridgehead atoms. The molecule has 1 fully saturated rings. The third-order valence-corrected chi connectivity index (χ3v) is 7.34. The highest BCUT2D eigenvalue weighted by Crippen LogP contribution is 2.34. The second-order valence-electron chi connectivity index (χ2n) is 8.74. The number of nitrogens with one attached hydrogen (secondary N) is 1. The van der Waals surface area contributed by atoms with Gasteiger partial charge in [-0.1, -0.05) is 13.3 Å². The molecule has 9 nitrogen and oxygen atoms in total. The highest BCUT2D eigenvalue weighted by atomic mass is 32.2. The van der Waals surface area contributed by atoms with Crippen LogP contribution in [-0.4, -0.2) is 61.8 Å². The lowest BCUT2D eigenvalue weighted by Crippen LogP contribution is -2.43. The lowest BCUT2D eigenvalue weighted by molar-refractivity contribution is 0.341. The average Bonchev–Trinajstić information content (AvgIpc) is 3.21. The Balaban J connectivity index is 1.42. The number of pyridine rings is 1. The molecule has 36 heavy (non-hydrogen) atoms. The molecule has 4 aromatic rings. The lowest BCUT2D eigenvalue weighted by Gasteiger charge is -2.35. The Labute approximate surface area is 214 Å². The number of nitrogens with zero attached hydrogens (tertiary/aromatic N) is 6. The summed E-state index contributed by atoms with van der Waals surface area (Å²) in [5, 5.41) is 4.54. The minimum atomic E-state index is -0.194. The molecular formula is C26H31N7O2S. The quantitative estimate of drug-likeness (QED) is 0.361. The van der Waals surface area contributed by atoms with E-state index in [-0.39, 0.29) is 5.56 Å². The summed E-state index contributed by atoms with van der Waals surface area (Å²) in [5.74, 6) is 1.21. The first-order chi connectivity index (χ1) is 17.6. The summed E-state index contributed by atoms with van der Waals surface area (Å²) in [4.78, 5) is 28.4. The van der Waals surface area contributed by atoms with Crippen LogP contribution in [0.4, 0.5) is 5.69 Å². The van der Waals surface area contributed by atoms with Crippen LogP contribution in [0.5, 0.6) is 5.75 Å². The fraction of sp³-hybridized carbons (Fsp3) is 0.385. The molecule has 5 rings (SSSR count). The van der Waals surface area contributed by atoms with E-state index in [9.17, 15) is 4.79 Å². The van der Waals surface area contributed by atoms with Gasteiger partial charge in [-0.2, -0.15) is 5.10 Å². The summed E-state index contributed by atoms with van der Waals surface area (Å²) in [6.45, 7) is 8.35. The van der Waals surface area contributed by atoms with Crippen LogP contribution < -0.4 is 15.2 Å². The first-order valence-corrected chi connectivity index (χ1v) is 13.2. The van der Waals surface area contributed by atoms with E-state index < -0.39 is 0 Å². The molecule has 1 saturated heterocycles. The fourth-order valence-corrected chi connectivity index (χ4v) is 5.50. The minimum absolute atomic E-state index is 0.194. The normalized spacial score (nSPS) is 14.5. The number of aromatic nitrogens is 5. The van der Waals surface area contributed by atoms with Crippen molar-refractivity contribution >= 4 is 28.7 Å². The standard InChI is InChI=1S/C26H31N7O2S/c1-4-6-21-23-24(31(3)30-21)26(34)29-25(28-23)20-17-19(7-8-22(20)35-5-2)36-33-15-13-32(14-16-33)18-9-11-27-12-10-18/h7-12,17H,4-6,13-16H2,1-3H3,(H,28,29,34). The highest BCUT2D eigenvalue weighted by molar-refractivity contribution is 7.97. The number of hydrogen-bond acceptors (Lipinski definition) is 8. The number of rotatable bonds is 8. The van der Waals surface area contributed by atoms with Crippen LogP contribution >= 0.6 is 11.9 Å². The minimum Gasteiger partial charge on any atom is -0.493 e. The highest BCUT2D eigenvalue weighted by Gasteiger charge is 2.21. The first-order valence-electron chi connectivity index (χ1n) is 12.4. The molecule has 0 aliphatic carbocycles. The number of aromatic amines is 1. The maximum Gasteiger partial charge on any atom is 0.277 e. The van der Waals surface area contributed by atoms with Crippen molar-refractivity contribution in [1.29, 1.82) is 0 Å². The second kappa shape index (κ2) is 10.7. The van der Waals surface area contributed by atoms with Gasteiger partial charge in [0.15, 0.2) is 5.52 Å². The topological polar surface area (TPSA) is 92.2 Å². The van der Waals surface area contributed by atoms with Crippen LogP contribution in [0.15, 0.2) is 52.4 Å². The Bertz CT molecular complexity index is 1390. The number of piperazine rings is 1. The molecule has 10 heteroatoms. The zero-order chi connectivity index (χ0) is 25.1. The fourth-order valence-electron chi connectivity index (χ4n) is 4.55. The van der Waals surface area contributed by atoms with E-state index in [1.807, 2.05) is 25.4 Å². The number of aryl methyl sites for hydroxylation is 2. The van der Waals surface area contributed by atoms with Crippen LogP contribution in [0.25, 0.3) is 22.4 Å². The summed E-state index contributed by atoms with van der Waals surface area (Å²) >= 11 is 1.72. The molecule has 0 spiro atoms.